The summed E-state index contributed by atoms with van der Waals surface area (Å²) in [5.74, 6) is 1.28. The van der Waals surface area contributed by atoms with Crippen LogP contribution in [-0.4, -0.2) is 70.2 Å². The molecule has 0 fully saturated rings. The molecule has 8 nitrogen and oxygen atoms in total. The Morgan fingerprint density at radius 3 is 1.47 bits per heavy atom. The summed E-state index contributed by atoms with van der Waals surface area (Å²) in [6, 6.07) is 9.36. The summed E-state index contributed by atoms with van der Waals surface area (Å²) in [7, 11) is 4.81. The average Bonchev–Trinajstić information content (AvgIpc) is 2.90. The molecule has 36 heavy (non-hydrogen) atoms. The van der Waals surface area contributed by atoms with E-state index in [1.54, 1.807) is 36.4 Å². The standard InChI is InChI=1S/C22H28N4O4S6/c23-17(11-31)21(29)35-33-7-5-25-19(27)15-3-1-13-9-16(4-2-14(13)10-15)20(28)26-6-8-34-36-22(30)18(24)12-32/h1-4,9-10,17-18,31-32H,5-8,11-12,23-24H2,(H,25,27)(H,26,28)/t17-,18-/m0/s1. The van der Waals surface area contributed by atoms with Gasteiger partial charge < -0.3 is 22.1 Å². The van der Waals surface area contributed by atoms with Crippen molar-refractivity contribution >= 4 is 101 Å². The van der Waals surface area contributed by atoms with Gasteiger partial charge in [-0.1, -0.05) is 33.7 Å². The van der Waals surface area contributed by atoms with E-state index in [0.717, 1.165) is 32.4 Å². The normalized spacial score (nSPS) is 12.7. The predicted octanol–water partition coefficient (Wildman–Crippen LogP) is 2.63. The van der Waals surface area contributed by atoms with Gasteiger partial charge in [-0.05, 0) is 56.6 Å². The van der Waals surface area contributed by atoms with E-state index in [9.17, 15) is 19.2 Å². The third-order valence-electron chi connectivity index (χ3n) is 4.59. The Labute approximate surface area is 237 Å². The first-order chi connectivity index (χ1) is 17.3. The molecular weight excluding hydrogens is 577 g/mol. The first kappa shape index (κ1) is 31.2. The topological polar surface area (TPSA) is 144 Å². The van der Waals surface area contributed by atoms with Crippen LogP contribution in [-0.2, 0) is 9.59 Å². The van der Waals surface area contributed by atoms with Gasteiger partial charge >= 0.3 is 0 Å². The average molecular weight is 605 g/mol. The molecule has 196 valence electrons. The number of nitrogens with two attached hydrogens (primary N) is 2. The summed E-state index contributed by atoms with van der Waals surface area (Å²) in [6.07, 6.45) is 0. The molecule has 0 saturated carbocycles. The molecule has 0 aliphatic carbocycles. The number of carbonyl (C=O) groups is 4. The van der Waals surface area contributed by atoms with E-state index in [-0.39, 0.29) is 22.0 Å². The Bertz CT molecular complexity index is 991. The van der Waals surface area contributed by atoms with E-state index in [1.165, 1.54) is 21.6 Å². The molecule has 2 rings (SSSR count). The molecule has 0 aliphatic heterocycles. The van der Waals surface area contributed by atoms with Gasteiger partial charge in [0, 0.05) is 47.2 Å². The number of rotatable bonds is 14. The number of benzene rings is 2. The molecule has 0 radical (unpaired) electrons. The summed E-state index contributed by atoms with van der Waals surface area (Å²) < 4.78 is 0. The van der Waals surface area contributed by atoms with E-state index in [1.807, 2.05) is 0 Å². The molecule has 0 aromatic heterocycles. The van der Waals surface area contributed by atoms with Crippen molar-refractivity contribution in [3.63, 3.8) is 0 Å². The number of fused-ring (bicyclic) bond motifs is 1. The molecule has 2 atom stereocenters. The fourth-order valence-electron chi connectivity index (χ4n) is 2.62. The van der Waals surface area contributed by atoms with Gasteiger partial charge in [0.05, 0.1) is 12.1 Å². The lowest BCUT2D eigenvalue weighted by Crippen LogP contribution is -2.29. The lowest BCUT2D eigenvalue weighted by molar-refractivity contribution is -0.112. The number of hydrogen-bond acceptors (Lipinski definition) is 12. The highest BCUT2D eigenvalue weighted by molar-refractivity contribution is 8.82. The zero-order valence-corrected chi connectivity index (χ0v) is 24.2. The van der Waals surface area contributed by atoms with Crippen LogP contribution >= 0.6 is 68.4 Å². The van der Waals surface area contributed by atoms with Crippen molar-refractivity contribution in [2.24, 2.45) is 11.5 Å². The lowest BCUT2D eigenvalue weighted by Gasteiger charge is -2.09. The maximum Gasteiger partial charge on any atom is 0.251 e. The fourth-order valence-corrected chi connectivity index (χ4v) is 6.82. The molecule has 0 unspecified atom stereocenters. The summed E-state index contributed by atoms with van der Waals surface area (Å²) in [5.41, 5.74) is 12.2. The minimum Gasteiger partial charge on any atom is -0.351 e. The Kier molecular flexibility index (Phi) is 14.5. The van der Waals surface area contributed by atoms with Crippen molar-refractivity contribution in [3.8, 4) is 0 Å². The van der Waals surface area contributed by atoms with Crippen molar-refractivity contribution in [1.29, 1.82) is 0 Å². The number of nitrogens with one attached hydrogen (secondary N) is 2. The number of thiol groups is 2. The molecule has 0 spiro atoms. The second kappa shape index (κ2) is 16.8. The fraction of sp³-hybridized carbons (Fsp3) is 0.364. The third kappa shape index (κ3) is 10.4. The van der Waals surface area contributed by atoms with Gasteiger partial charge in [-0.15, -0.1) is 0 Å². The molecule has 2 aromatic carbocycles. The third-order valence-corrected chi connectivity index (χ3v) is 9.98. The first-order valence-corrected chi connectivity index (χ1v) is 16.7. The summed E-state index contributed by atoms with van der Waals surface area (Å²) in [5, 5.41) is 7.06. The van der Waals surface area contributed by atoms with Crippen LogP contribution in [0.4, 0.5) is 0 Å². The highest BCUT2D eigenvalue weighted by Gasteiger charge is 2.14. The molecule has 0 heterocycles. The van der Waals surface area contributed by atoms with Gasteiger partial charge in [-0.3, -0.25) is 19.2 Å². The highest BCUT2D eigenvalue weighted by Crippen LogP contribution is 2.24. The molecule has 0 saturated heterocycles. The Balaban J connectivity index is 1.79. The lowest BCUT2D eigenvalue weighted by atomic mass is 10.0. The number of amides is 2. The minimum absolute atomic E-state index is 0.136. The van der Waals surface area contributed by atoms with Crippen LogP contribution in [0.25, 0.3) is 10.8 Å². The van der Waals surface area contributed by atoms with Crippen molar-refractivity contribution in [3.05, 3.63) is 47.5 Å². The molecule has 14 heteroatoms. The van der Waals surface area contributed by atoms with Gasteiger partial charge in [0.2, 0.25) is 10.2 Å². The Morgan fingerprint density at radius 1 is 0.722 bits per heavy atom. The smallest absolute Gasteiger partial charge is 0.251 e. The summed E-state index contributed by atoms with van der Waals surface area (Å²) in [6.45, 7) is 0.813. The number of carbonyl (C=O) groups excluding carboxylic acids is 4. The Morgan fingerprint density at radius 2 is 1.11 bits per heavy atom. The second-order valence-corrected chi connectivity index (χ2v) is 12.9. The first-order valence-electron chi connectivity index (χ1n) is 10.8. The maximum atomic E-state index is 12.5. The Hall–Kier alpha value is -1.00. The van der Waals surface area contributed by atoms with Crippen LogP contribution in [0.5, 0.6) is 0 Å². The minimum atomic E-state index is -0.590. The van der Waals surface area contributed by atoms with Gasteiger partial charge in [-0.2, -0.15) is 25.3 Å². The number of hydrogen-bond donors (Lipinski definition) is 6. The van der Waals surface area contributed by atoms with Crippen LogP contribution < -0.4 is 22.1 Å². The predicted molar refractivity (Wildman–Crippen MR) is 162 cm³/mol. The summed E-state index contributed by atoms with van der Waals surface area (Å²) >= 11 is 8.00. The van der Waals surface area contributed by atoms with Gasteiger partial charge in [0.15, 0.2) is 0 Å². The van der Waals surface area contributed by atoms with E-state index in [2.05, 4.69) is 35.9 Å². The van der Waals surface area contributed by atoms with Crippen molar-refractivity contribution in [2.45, 2.75) is 12.1 Å². The van der Waals surface area contributed by atoms with Crippen LogP contribution in [0.2, 0.25) is 0 Å². The van der Waals surface area contributed by atoms with E-state index >= 15 is 0 Å². The summed E-state index contributed by atoms with van der Waals surface area (Å²) in [4.78, 5) is 48.2. The van der Waals surface area contributed by atoms with Gasteiger partial charge in [0.25, 0.3) is 11.8 Å². The van der Waals surface area contributed by atoms with Crippen molar-refractivity contribution in [2.75, 3.05) is 36.1 Å². The van der Waals surface area contributed by atoms with E-state index in [0.29, 0.717) is 47.2 Å². The van der Waals surface area contributed by atoms with Crippen LogP contribution in [0.15, 0.2) is 36.4 Å². The second-order valence-electron chi connectivity index (χ2n) is 7.32. The van der Waals surface area contributed by atoms with Gasteiger partial charge in [-0.25, -0.2) is 0 Å². The molecule has 0 bridgehead atoms. The SMILES string of the molecule is N[C@@H](CS)C(=O)SSCCNC(=O)c1ccc2cc(C(=O)NCCSSC(=O)[C@@H](N)CS)ccc2c1. The highest BCUT2D eigenvalue weighted by atomic mass is 33.1. The zero-order valence-electron chi connectivity index (χ0n) is 19.2. The maximum absolute atomic E-state index is 12.5. The van der Waals surface area contributed by atoms with E-state index < -0.39 is 12.1 Å². The molecular formula is C22H28N4O4S6. The van der Waals surface area contributed by atoms with Crippen molar-refractivity contribution < 1.29 is 19.2 Å². The van der Waals surface area contributed by atoms with Crippen LogP contribution in [0.1, 0.15) is 20.7 Å². The monoisotopic (exact) mass is 604 g/mol. The van der Waals surface area contributed by atoms with Crippen LogP contribution in [0, 0.1) is 0 Å². The van der Waals surface area contributed by atoms with Gasteiger partial charge in [0.1, 0.15) is 0 Å². The van der Waals surface area contributed by atoms with E-state index in [4.69, 9.17) is 11.5 Å². The van der Waals surface area contributed by atoms with Crippen LogP contribution in [0.3, 0.4) is 0 Å². The molecule has 2 aromatic rings. The molecule has 2 amide bonds. The zero-order chi connectivity index (χ0) is 26.5. The molecule has 0 aliphatic rings. The molecule has 6 N–H and O–H groups in total. The van der Waals surface area contributed by atoms with Crippen molar-refractivity contribution in [1.82, 2.24) is 10.6 Å². The quantitative estimate of drug-likeness (QED) is 0.108. The largest absolute Gasteiger partial charge is 0.351 e.